The summed E-state index contributed by atoms with van der Waals surface area (Å²) in [6.45, 7) is 1.53. The van der Waals surface area contributed by atoms with Gasteiger partial charge in [0.25, 0.3) is 10.1 Å². The van der Waals surface area contributed by atoms with Crippen molar-refractivity contribution in [2.24, 2.45) is 0 Å². The van der Waals surface area contributed by atoms with E-state index in [0.29, 0.717) is 0 Å². The molecule has 3 heterocycles. The Balaban J connectivity index is 1.76. The van der Waals surface area contributed by atoms with Gasteiger partial charge in [-0.2, -0.15) is 17.2 Å². The summed E-state index contributed by atoms with van der Waals surface area (Å²) >= 11 is -0.793. The number of fused-ring (bicyclic) bond motifs is 1. The van der Waals surface area contributed by atoms with Crippen LogP contribution in [0, 0.1) is 0 Å². The first-order valence-electron chi connectivity index (χ1n) is 5.95. The largest absolute Gasteiger partial charge is 0.453 e. The van der Waals surface area contributed by atoms with Gasteiger partial charge in [0.15, 0.2) is 5.25 Å². The number of ether oxygens (including phenoxy) is 2. The summed E-state index contributed by atoms with van der Waals surface area (Å²) in [5, 5.41) is 5.23. The van der Waals surface area contributed by atoms with E-state index in [-0.39, 0.29) is 6.42 Å². The summed E-state index contributed by atoms with van der Waals surface area (Å²) in [7, 11) is -4.10. The molecule has 0 spiro atoms. The van der Waals surface area contributed by atoms with E-state index in [1.54, 1.807) is 0 Å². The Hall–Kier alpha value is -0.570. The highest BCUT2D eigenvalue weighted by Crippen LogP contribution is 2.54. The van der Waals surface area contributed by atoms with Crippen LogP contribution < -0.4 is 0 Å². The van der Waals surface area contributed by atoms with Crippen LogP contribution in [-0.2, 0) is 37.9 Å². The zero-order chi connectivity index (χ0) is 16.3. The third-order valence-electron chi connectivity index (χ3n) is 3.81. The molecular weight excluding hydrogens is 354 g/mol. The maximum absolute atomic E-state index is 13.4. The van der Waals surface area contributed by atoms with Crippen molar-refractivity contribution in [1.29, 1.82) is 0 Å². The maximum atomic E-state index is 13.4. The standard InChI is InChI=1S/C9H10F2O9S2/c1-8-2-3-4(5(6(8)16-3)22(14,15)18-8)17-7(12)9(10,11)21-20-19-13/h3-6,13H,2H2,1H3. The normalized spacial score (nSPS) is 41.8. The van der Waals surface area contributed by atoms with Gasteiger partial charge in [0.1, 0.15) is 29.9 Å². The molecule has 0 radical (unpaired) electrons. The number of halogens is 2. The van der Waals surface area contributed by atoms with Crippen LogP contribution in [0.25, 0.3) is 0 Å². The number of rotatable bonds is 5. The Morgan fingerprint density at radius 1 is 1.50 bits per heavy atom. The summed E-state index contributed by atoms with van der Waals surface area (Å²) in [6.07, 6.45) is -3.03. The molecule has 2 bridgehead atoms. The number of carbonyl (C=O) groups is 1. The minimum Gasteiger partial charge on any atom is -0.453 e. The van der Waals surface area contributed by atoms with Crippen LogP contribution in [-0.4, -0.2) is 54.1 Å². The molecule has 13 heteroatoms. The van der Waals surface area contributed by atoms with E-state index in [4.69, 9.17) is 14.2 Å². The minimum absolute atomic E-state index is 0.0975. The van der Waals surface area contributed by atoms with E-state index in [9.17, 15) is 22.0 Å². The zero-order valence-electron chi connectivity index (χ0n) is 10.8. The fourth-order valence-corrected chi connectivity index (χ4v) is 5.29. The highest BCUT2D eigenvalue weighted by atomic mass is 32.2. The fourth-order valence-electron chi connectivity index (χ4n) is 3.04. The van der Waals surface area contributed by atoms with Gasteiger partial charge < -0.3 is 9.47 Å². The predicted molar refractivity (Wildman–Crippen MR) is 62.7 cm³/mol. The molecule has 1 N–H and O–H groups in total. The van der Waals surface area contributed by atoms with Gasteiger partial charge in [-0.15, -0.1) is 4.33 Å². The first-order chi connectivity index (χ1) is 10.1. The van der Waals surface area contributed by atoms with E-state index < -0.39 is 62.5 Å². The first-order valence-corrected chi connectivity index (χ1v) is 8.17. The van der Waals surface area contributed by atoms with Gasteiger partial charge in [0.05, 0.1) is 6.10 Å². The Morgan fingerprint density at radius 3 is 2.82 bits per heavy atom. The molecule has 5 unspecified atom stereocenters. The van der Waals surface area contributed by atoms with Gasteiger partial charge in [0, 0.05) is 6.42 Å². The molecule has 3 aliphatic rings. The predicted octanol–water partition coefficient (Wildman–Crippen LogP) is 0.219. The number of esters is 1. The molecule has 0 aliphatic carbocycles. The SMILES string of the molecule is CC12CC3OC1C(C3OC(=O)C(F)(F)SOOO)S(=O)(=O)O2. The van der Waals surface area contributed by atoms with E-state index >= 15 is 0 Å². The molecule has 126 valence electrons. The minimum atomic E-state index is -4.21. The average Bonchev–Trinajstić information content (AvgIpc) is 2.93. The molecule has 5 atom stereocenters. The van der Waals surface area contributed by atoms with Crippen molar-refractivity contribution in [2.75, 3.05) is 0 Å². The van der Waals surface area contributed by atoms with Crippen molar-refractivity contribution < 1.29 is 50.3 Å². The molecule has 0 aromatic rings. The van der Waals surface area contributed by atoms with Gasteiger partial charge in [-0.05, 0) is 6.92 Å². The van der Waals surface area contributed by atoms with Crippen molar-refractivity contribution in [2.45, 2.75) is 47.8 Å². The average molecular weight is 364 g/mol. The van der Waals surface area contributed by atoms with Gasteiger partial charge in [-0.1, -0.05) is 5.04 Å². The van der Waals surface area contributed by atoms with Crippen LogP contribution in [0.4, 0.5) is 8.78 Å². The van der Waals surface area contributed by atoms with Gasteiger partial charge >= 0.3 is 11.2 Å². The Labute approximate surface area is 127 Å². The Bertz CT molecular complexity index is 596. The molecule has 0 aromatic carbocycles. The Kier molecular flexibility index (Phi) is 3.67. The van der Waals surface area contributed by atoms with Crippen LogP contribution in [0.1, 0.15) is 13.3 Å². The van der Waals surface area contributed by atoms with E-state index in [0.717, 1.165) is 0 Å². The fraction of sp³-hybridized carbons (Fsp3) is 0.889. The van der Waals surface area contributed by atoms with Crippen LogP contribution >= 0.6 is 12.0 Å². The molecular formula is C9H10F2O9S2. The number of carbonyl (C=O) groups excluding carboxylic acids is 1. The van der Waals surface area contributed by atoms with E-state index in [2.05, 4.69) is 14.1 Å². The lowest BCUT2D eigenvalue weighted by Crippen LogP contribution is -2.48. The molecule has 3 aliphatic heterocycles. The van der Waals surface area contributed by atoms with Crippen LogP contribution in [0.15, 0.2) is 0 Å². The molecule has 9 nitrogen and oxygen atoms in total. The lowest BCUT2D eigenvalue weighted by Gasteiger charge is -2.26. The second-order valence-electron chi connectivity index (χ2n) is 5.27. The zero-order valence-corrected chi connectivity index (χ0v) is 12.4. The molecule has 3 saturated heterocycles. The molecule has 0 aromatic heterocycles. The molecule has 3 rings (SSSR count). The van der Waals surface area contributed by atoms with Crippen molar-refractivity contribution in [3.05, 3.63) is 0 Å². The molecule has 22 heavy (non-hydrogen) atoms. The lowest BCUT2D eigenvalue weighted by molar-refractivity contribution is -0.433. The summed E-state index contributed by atoms with van der Waals surface area (Å²) in [6, 6.07) is 0. The van der Waals surface area contributed by atoms with Crippen LogP contribution in [0.3, 0.4) is 0 Å². The highest BCUT2D eigenvalue weighted by molar-refractivity contribution is 7.96. The summed E-state index contributed by atoms with van der Waals surface area (Å²) in [4.78, 5) is 11.5. The topological polar surface area (TPSA) is 118 Å². The van der Waals surface area contributed by atoms with E-state index in [1.807, 2.05) is 0 Å². The smallest absolute Gasteiger partial charge is 0.415 e. The lowest BCUT2D eigenvalue weighted by atomic mass is 9.84. The number of hydrogen-bond donors (Lipinski definition) is 1. The Morgan fingerprint density at radius 2 is 2.18 bits per heavy atom. The monoisotopic (exact) mass is 364 g/mol. The quantitative estimate of drug-likeness (QED) is 0.239. The van der Waals surface area contributed by atoms with Gasteiger partial charge in [-0.3, -0.25) is 4.18 Å². The van der Waals surface area contributed by atoms with Gasteiger partial charge in [-0.25, -0.2) is 10.1 Å². The molecule has 0 amide bonds. The van der Waals surface area contributed by atoms with Crippen molar-refractivity contribution in [1.82, 2.24) is 0 Å². The number of hydrogen-bond acceptors (Lipinski definition) is 10. The maximum Gasteiger partial charge on any atom is 0.415 e. The van der Waals surface area contributed by atoms with Crippen LogP contribution in [0.5, 0.6) is 0 Å². The summed E-state index contributed by atoms with van der Waals surface area (Å²) < 4.78 is 69.0. The second kappa shape index (κ2) is 4.96. The summed E-state index contributed by atoms with van der Waals surface area (Å²) in [5.74, 6) is -2.04. The van der Waals surface area contributed by atoms with Crippen molar-refractivity contribution in [3.63, 3.8) is 0 Å². The molecule has 3 fully saturated rings. The third-order valence-corrected chi connectivity index (χ3v) is 6.11. The van der Waals surface area contributed by atoms with Crippen molar-refractivity contribution >= 4 is 28.1 Å². The van der Waals surface area contributed by atoms with E-state index in [1.165, 1.54) is 6.92 Å². The van der Waals surface area contributed by atoms with Crippen molar-refractivity contribution in [3.8, 4) is 0 Å². The highest BCUT2D eigenvalue weighted by Gasteiger charge is 2.73. The third kappa shape index (κ3) is 2.31. The number of alkyl halides is 2. The molecule has 0 saturated carbocycles. The van der Waals surface area contributed by atoms with Gasteiger partial charge in [0.2, 0.25) is 0 Å². The van der Waals surface area contributed by atoms with Crippen LogP contribution in [0.2, 0.25) is 0 Å². The summed E-state index contributed by atoms with van der Waals surface area (Å²) in [5.41, 5.74) is -1.07. The first kappa shape index (κ1) is 16.3. The second-order valence-corrected chi connectivity index (χ2v) is 7.78.